The van der Waals surface area contributed by atoms with Gasteiger partial charge in [0.2, 0.25) is 5.95 Å². The number of aromatic nitrogens is 2. The van der Waals surface area contributed by atoms with Crippen LogP contribution in [0.15, 0.2) is 12.4 Å². The first-order valence-electron chi connectivity index (χ1n) is 14.4. The zero-order valence-corrected chi connectivity index (χ0v) is 23.0. The van der Waals surface area contributed by atoms with Gasteiger partial charge >= 0.3 is 0 Å². The molecule has 3 heterocycles. The Bertz CT molecular complexity index is 782. The molecular weight excluding hydrogens is 434 g/mol. The Morgan fingerprint density at radius 3 is 2.03 bits per heavy atom. The van der Waals surface area contributed by atoms with Crippen molar-refractivity contribution in [1.29, 1.82) is 0 Å². The van der Waals surface area contributed by atoms with E-state index in [9.17, 15) is 4.79 Å². The number of hydrogen-bond donors (Lipinski definition) is 0. The monoisotopic (exact) mass is 483 g/mol. The smallest absolute Gasteiger partial charge is 0.225 e. The van der Waals surface area contributed by atoms with E-state index in [1.807, 2.05) is 13.8 Å². The molecule has 0 radical (unpaired) electrons. The lowest BCUT2D eigenvalue weighted by molar-refractivity contribution is -0.127. The predicted octanol–water partition coefficient (Wildman–Crippen LogP) is 5.00. The van der Waals surface area contributed by atoms with Crippen LogP contribution in [0.5, 0.6) is 0 Å². The average molecular weight is 484 g/mol. The maximum Gasteiger partial charge on any atom is 0.225 e. The molecule has 2 aliphatic heterocycles. The number of nitrogens with zero attached hydrogens (tertiary/aromatic N) is 5. The molecule has 2 unspecified atom stereocenters. The van der Waals surface area contributed by atoms with Crippen LogP contribution in [0, 0.1) is 17.8 Å². The highest BCUT2D eigenvalue weighted by atomic mass is 16.1. The molecule has 0 spiro atoms. The maximum atomic E-state index is 12.3. The molecule has 0 N–H and O–H groups in total. The van der Waals surface area contributed by atoms with Crippen molar-refractivity contribution >= 4 is 11.7 Å². The third-order valence-corrected chi connectivity index (χ3v) is 9.06. The Kier molecular flexibility index (Phi) is 9.20. The number of likely N-dealkylation sites (tertiary alicyclic amines) is 1. The molecule has 0 aromatic carbocycles. The van der Waals surface area contributed by atoms with Crippen molar-refractivity contribution in [3.63, 3.8) is 0 Å². The van der Waals surface area contributed by atoms with Crippen LogP contribution >= 0.6 is 0 Å². The van der Waals surface area contributed by atoms with Crippen LogP contribution in [-0.4, -0.2) is 77.4 Å². The number of piperidine rings is 1. The summed E-state index contributed by atoms with van der Waals surface area (Å²) >= 11 is 0. The minimum atomic E-state index is 0.191. The van der Waals surface area contributed by atoms with Gasteiger partial charge in [0.25, 0.3) is 0 Å². The number of carbonyl (C=O) groups is 1. The van der Waals surface area contributed by atoms with E-state index in [4.69, 9.17) is 9.97 Å². The Hall–Kier alpha value is -1.53. The van der Waals surface area contributed by atoms with Gasteiger partial charge in [-0.05, 0) is 88.9 Å². The van der Waals surface area contributed by atoms with Crippen LogP contribution in [0.4, 0.5) is 5.95 Å². The molecule has 1 aromatic heterocycles. The molecule has 3 aliphatic rings. The quantitative estimate of drug-likeness (QED) is 0.519. The second-order valence-corrected chi connectivity index (χ2v) is 11.9. The number of ketones is 1. The Balaban J connectivity index is 1.27. The molecule has 1 aromatic rings. The van der Waals surface area contributed by atoms with Gasteiger partial charge in [0.15, 0.2) is 0 Å². The summed E-state index contributed by atoms with van der Waals surface area (Å²) in [7, 11) is 2.23. The van der Waals surface area contributed by atoms with E-state index in [1.165, 1.54) is 50.9 Å². The second kappa shape index (κ2) is 12.1. The Morgan fingerprint density at radius 1 is 0.943 bits per heavy atom. The van der Waals surface area contributed by atoms with Crippen LogP contribution in [-0.2, 0) is 4.79 Å². The standard InChI is InChI=1S/C29H49N5O/c1-6-26-19-32(5)20-27(7-2)34(26)29-30-16-25(17-31-29)23-12-14-33(15-13-23)18-22-8-10-24(11-9-22)28(35)21(3)4/h16-17,21-24,26-27H,6-15,18-20H2,1-5H3/t22-,24+,26?,27?. The van der Waals surface area contributed by atoms with Gasteiger partial charge in [-0.1, -0.05) is 27.7 Å². The molecule has 1 saturated carbocycles. The van der Waals surface area contributed by atoms with Crippen molar-refractivity contribution in [2.75, 3.05) is 44.7 Å². The van der Waals surface area contributed by atoms with Crippen LogP contribution in [0.1, 0.15) is 90.5 Å². The van der Waals surface area contributed by atoms with Crippen LogP contribution in [0.3, 0.4) is 0 Å². The lowest BCUT2D eigenvalue weighted by atomic mass is 9.77. The van der Waals surface area contributed by atoms with Crippen molar-refractivity contribution in [2.45, 2.75) is 97.1 Å². The number of Topliss-reactive ketones (excluding diaryl/α,β-unsaturated/α-hetero) is 1. The zero-order valence-electron chi connectivity index (χ0n) is 23.0. The summed E-state index contributed by atoms with van der Waals surface area (Å²) in [6.07, 6.45) is 13.5. The van der Waals surface area contributed by atoms with Crippen LogP contribution in [0.25, 0.3) is 0 Å². The summed E-state index contributed by atoms with van der Waals surface area (Å²) < 4.78 is 0. The van der Waals surface area contributed by atoms with Crippen LogP contribution in [0.2, 0.25) is 0 Å². The van der Waals surface area contributed by atoms with Gasteiger partial charge in [0.1, 0.15) is 5.78 Å². The molecule has 2 saturated heterocycles. The largest absolute Gasteiger partial charge is 0.332 e. The number of hydrogen-bond acceptors (Lipinski definition) is 6. The third-order valence-electron chi connectivity index (χ3n) is 9.06. The highest BCUT2D eigenvalue weighted by Crippen LogP contribution is 2.34. The SMILES string of the molecule is CCC1CN(C)CC(CC)N1c1ncc(C2CCN(C[C@H]3CC[C@@H](C(=O)C(C)C)CC3)CC2)cn1. The highest BCUT2D eigenvalue weighted by molar-refractivity contribution is 5.82. The molecule has 4 rings (SSSR count). The summed E-state index contributed by atoms with van der Waals surface area (Å²) in [5.41, 5.74) is 1.32. The highest BCUT2D eigenvalue weighted by Gasteiger charge is 2.33. The van der Waals surface area contributed by atoms with Crippen LogP contribution < -0.4 is 4.90 Å². The third kappa shape index (κ3) is 6.43. The average Bonchev–Trinajstić information content (AvgIpc) is 2.88. The summed E-state index contributed by atoms with van der Waals surface area (Å²) in [5.74, 6) is 3.27. The number of anilines is 1. The predicted molar refractivity (Wildman–Crippen MR) is 144 cm³/mol. The Morgan fingerprint density at radius 2 is 1.51 bits per heavy atom. The first kappa shape index (κ1) is 26.5. The number of piperazine rings is 1. The topological polar surface area (TPSA) is 52.6 Å². The summed E-state index contributed by atoms with van der Waals surface area (Å²) in [6, 6.07) is 0.984. The van der Waals surface area contributed by atoms with E-state index >= 15 is 0 Å². The molecule has 1 aliphatic carbocycles. The summed E-state index contributed by atoms with van der Waals surface area (Å²) in [6.45, 7) is 14.4. The van der Waals surface area contributed by atoms with Gasteiger partial charge < -0.3 is 14.7 Å². The minimum Gasteiger partial charge on any atom is -0.332 e. The van der Waals surface area contributed by atoms with E-state index in [0.717, 1.165) is 50.6 Å². The fourth-order valence-corrected chi connectivity index (χ4v) is 6.84. The Labute approximate surface area is 213 Å². The van der Waals surface area contributed by atoms with E-state index in [2.05, 4.69) is 48.0 Å². The van der Waals surface area contributed by atoms with Crippen molar-refractivity contribution in [3.8, 4) is 0 Å². The van der Waals surface area contributed by atoms with E-state index < -0.39 is 0 Å². The van der Waals surface area contributed by atoms with Gasteiger partial charge in [-0.15, -0.1) is 0 Å². The van der Waals surface area contributed by atoms with Gasteiger partial charge in [-0.2, -0.15) is 0 Å². The van der Waals surface area contributed by atoms with Crippen molar-refractivity contribution in [3.05, 3.63) is 18.0 Å². The normalized spacial score (nSPS) is 29.6. The molecule has 3 fully saturated rings. The van der Waals surface area contributed by atoms with Gasteiger partial charge in [0, 0.05) is 55.9 Å². The summed E-state index contributed by atoms with van der Waals surface area (Å²) in [4.78, 5) is 29.7. The molecule has 0 bridgehead atoms. The van der Waals surface area contributed by atoms with E-state index in [1.54, 1.807) is 0 Å². The van der Waals surface area contributed by atoms with Gasteiger partial charge in [0.05, 0.1) is 0 Å². The molecule has 6 nitrogen and oxygen atoms in total. The van der Waals surface area contributed by atoms with Gasteiger partial charge in [-0.25, -0.2) is 9.97 Å². The first-order chi connectivity index (χ1) is 16.9. The zero-order chi connectivity index (χ0) is 24.9. The number of likely N-dealkylation sites (N-methyl/N-ethyl adjacent to an activating group) is 1. The fraction of sp³-hybridized carbons (Fsp3) is 0.828. The summed E-state index contributed by atoms with van der Waals surface area (Å²) in [5, 5.41) is 0. The molecule has 196 valence electrons. The van der Waals surface area contributed by atoms with Gasteiger partial charge in [-0.3, -0.25) is 4.79 Å². The molecule has 35 heavy (non-hydrogen) atoms. The molecular formula is C29H49N5O. The fourth-order valence-electron chi connectivity index (χ4n) is 6.84. The lowest BCUT2D eigenvalue weighted by Crippen LogP contribution is -2.58. The van der Waals surface area contributed by atoms with Crippen molar-refractivity contribution in [2.24, 2.45) is 17.8 Å². The number of rotatable bonds is 8. The number of carbonyl (C=O) groups excluding carboxylic acids is 1. The maximum absolute atomic E-state index is 12.3. The minimum absolute atomic E-state index is 0.191. The second-order valence-electron chi connectivity index (χ2n) is 11.9. The van der Waals surface area contributed by atoms with E-state index in [0.29, 0.717) is 29.7 Å². The van der Waals surface area contributed by atoms with Crippen molar-refractivity contribution in [1.82, 2.24) is 19.8 Å². The first-order valence-corrected chi connectivity index (χ1v) is 14.4. The molecule has 0 amide bonds. The van der Waals surface area contributed by atoms with E-state index in [-0.39, 0.29) is 5.92 Å². The van der Waals surface area contributed by atoms with Crippen molar-refractivity contribution < 1.29 is 4.79 Å². The lowest BCUT2D eigenvalue weighted by Gasteiger charge is -2.45. The molecule has 2 atom stereocenters. The molecule has 6 heteroatoms.